The molecule has 118 valence electrons. The van der Waals surface area contributed by atoms with Gasteiger partial charge >= 0.3 is 6.03 Å². The lowest BCUT2D eigenvalue weighted by Crippen LogP contribution is -2.34. The zero-order valence-electron chi connectivity index (χ0n) is 12.0. The van der Waals surface area contributed by atoms with E-state index in [4.69, 9.17) is 11.6 Å². The molecule has 0 saturated heterocycles. The number of carbonyl (C=O) groups excluding carboxylic acids is 1. The molecule has 2 aromatic rings. The van der Waals surface area contributed by atoms with Gasteiger partial charge in [-0.15, -0.1) is 0 Å². The van der Waals surface area contributed by atoms with Gasteiger partial charge in [0.2, 0.25) is 0 Å². The van der Waals surface area contributed by atoms with Gasteiger partial charge in [-0.05, 0) is 48.0 Å². The second-order valence-corrected chi connectivity index (χ2v) is 6.68. The van der Waals surface area contributed by atoms with E-state index in [-0.39, 0.29) is 11.1 Å². The van der Waals surface area contributed by atoms with Gasteiger partial charge in [0.05, 0.1) is 15.7 Å². The third kappa shape index (κ3) is 3.83. The Kier molecular flexibility index (Phi) is 5.88. The monoisotopic (exact) mass is 405 g/mol. The van der Waals surface area contributed by atoms with E-state index in [0.29, 0.717) is 22.6 Å². The maximum atomic E-state index is 13.2. The molecule has 0 aliphatic rings. The summed E-state index contributed by atoms with van der Waals surface area (Å²) in [6.07, 6.45) is 1.62. The molecule has 0 bridgehead atoms. The molecule has 1 amide bonds. The fourth-order valence-electron chi connectivity index (χ4n) is 1.80. The van der Waals surface area contributed by atoms with Crippen LogP contribution in [-0.4, -0.2) is 33.8 Å². The van der Waals surface area contributed by atoms with Gasteiger partial charge in [-0.3, -0.25) is 0 Å². The first kappa shape index (κ1) is 17.3. The van der Waals surface area contributed by atoms with E-state index >= 15 is 0 Å². The van der Waals surface area contributed by atoms with E-state index in [1.54, 1.807) is 17.2 Å². The van der Waals surface area contributed by atoms with Crippen molar-refractivity contribution in [3.05, 3.63) is 39.7 Å². The smallest absolute Gasteiger partial charge is 0.323 e. The Morgan fingerprint density at radius 3 is 2.73 bits per heavy atom. The largest absolute Gasteiger partial charge is 0.344 e. The molecule has 0 fully saturated rings. The summed E-state index contributed by atoms with van der Waals surface area (Å²) in [5.74, 6) is -0.465. The Balaban J connectivity index is 2.22. The van der Waals surface area contributed by atoms with Gasteiger partial charge in [0, 0.05) is 18.0 Å². The summed E-state index contributed by atoms with van der Waals surface area (Å²) in [6.45, 7) is 5.05. The van der Waals surface area contributed by atoms with Crippen molar-refractivity contribution < 1.29 is 9.18 Å². The first-order chi connectivity index (χ1) is 10.5. The highest BCUT2D eigenvalue weighted by Crippen LogP contribution is 2.34. The summed E-state index contributed by atoms with van der Waals surface area (Å²) < 4.78 is 15.2. The van der Waals surface area contributed by atoms with E-state index in [9.17, 15) is 9.18 Å². The first-order valence-electron chi connectivity index (χ1n) is 6.63. The summed E-state index contributed by atoms with van der Waals surface area (Å²) in [5.41, 5.74) is 0. The van der Waals surface area contributed by atoms with Gasteiger partial charge in [-0.2, -0.15) is 9.78 Å². The molecule has 0 atom stereocenters. The minimum Gasteiger partial charge on any atom is -0.323 e. The van der Waals surface area contributed by atoms with Crippen LogP contribution in [0.2, 0.25) is 5.02 Å². The number of aromatic nitrogens is 2. The van der Waals surface area contributed by atoms with Crippen molar-refractivity contribution in [1.82, 2.24) is 14.7 Å². The molecule has 0 aliphatic heterocycles. The van der Waals surface area contributed by atoms with Crippen LogP contribution in [0.25, 0.3) is 0 Å². The fourth-order valence-corrected chi connectivity index (χ4v) is 3.37. The van der Waals surface area contributed by atoms with E-state index in [1.807, 2.05) is 13.8 Å². The molecule has 1 aromatic carbocycles. The van der Waals surface area contributed by atoms with Crippen molar-refractivity contribution in [2.45, 2.75) is 23.8 Å². The van der Waals surface area contributed by atoms with E-state index in [0.717, 1.165) is 4.90 Å². The third-order valence-corrected chi connectivity index (χ3v) is 5.09. The SMILES string of the molecule is CCN(CC)C(=O)n1cc(Br)c(Sc2ccc(F)c(Cl)c2)n1. The summed E-state index contributed by atoms with van der Waals surface area (Å²) in [5, 5.41) is 4.95. The zero-order chi connectivity index (χ0) is 16.3. The number of benzene rings is 1. The van der Waals surface area contributed by atoms with E-state index in [1.165, 1.54) is 28.6 Å². The van der Waals surface area contributed by atoms with Crippen LogP contribution in [0.15, 0.2) is 38.8 Å². The molecule has 0 radical (unpaired) electrons. The van der Waals surface area contributed by atoms with Crippen molar-refractivity contribution >= 4 is 45.3 Å². The standard InChI is InChI=1S/C14H14BrClFN3OS/c1-3-19(4-2)14(21)20-8-10(15)13(18-20)22-9-5-6-12(17)11(16)7-9/h5-8H,3-4H2,1-2H3. The molecule has 8 heteroatoms. The minimum atomic E-state index is -0.465. The second kappa shape index (κ2) is 7.48. The molecule has 1 heterocycles. The molecular weight excluding hydrogens is 393 g/mol. The van der Waals surface area contributed by atoms with E-state index in [2.05, 4.69) is 21.0 Å². The average Bonchev–Trinajstić information content (AvgIpc) is 2.85. The fraction of sp³-hybridized carbons (Fsp3) is 0.286. The summed E-state index contributed by atoms with van der Waals surface area (Å²) in [4.78, 5) is 14.7. The number of rotatable bonds is 4. The van der Waals surface area contributed by atoms with E-state index < -0.39 is 5.82 Å². The van der Waals surface area contributed by atoms with Crippen LogP contribution in [0.5, 0.6) is 0 Å². The Morgan fingerprint density at radius 2 is 2.14 bits per heavy atom. The summed E-state index contributed by atoms with van der Waals surface area (Å²) in [7, 11) is 0. The number of amides is 1. The van der Waals surface area contributed by atoms with Crippen molar-refractivity contribution in [2.75, 3.05) is 13.1 Å². The molecule has 0 N–H and O–H groups in total. The molecule has 0 spiro atoms. The van der Waals surface area contributed by atoms with Crippen LogP contribution in [0.4, 0.5) is 9.18 Å². The van der Waals surface area contributed by atoms with Gasteiger partial charge in [0.1, 0.15) is 10.8 Å². The Hall–Kier alpha value is -1.05. The molecule has 22 heavy (non-hydrogen) atoms. The predicted octanol–water partition coefficient (Wildman–Crippen LogP) is 4.90. The molecule has 4 nitrogen and oxygen atoms in total. The normalized spacial score (nSPS) is 10.8. The number of halogens is 3. The first-order valence-corrected chi connectivity index (χ1v) is 8.62. The second-order valence-electron chi connectivity index (χ2n) is 4.36. The topological polar surface area (TPSA) is 38.1 Å². The maximum absolute atomic E-state index is 13.2. The molecule has 0 aliphatic carbocycles. The number of nitrogens with zero attached hydrogens (tertiary/aromatic N) is 3. The van der Waals surface area contributed by atoms with Crippen LogP contribution in [0.3, 0.4) is 0 Å². The summed E-state index contributed by atoms with van der Waals surface area (Å²) in [6, 6.07) is 4.26. The molecule has 0 unspecified atom stereocenters. The highest BCUT2D eigenvalue weighted by atomic mass is 79.9. The average molecular weight is 407 g/mol. The molecule has 2 rings (SSSR count). The van der Waals surface area contributed by atoms with Crippen molar-refractivity contribution in [2.24, 2.45) is 0 Å². The van der Waals surface area contributed by atoms with Crippen molar-refractivity contribution in [3.63, 3.8) is 0 Å². The Morgan fingerprint density at radius 1 is 1.45 bits per heavy atom. The lowest BCUT2D eigenvalue weighted by molar-refractivity contribution is 0.201. The summed E-state index contributed by atoms with van der Waals surface area (Å²) >= 11 is 10.5. The lowest BCUT2D eigenvalue weighted by Gasteiger charge is -2.17. The van der Waals surface area contributed by atoms with Crippen LogP contribution >= 0.6 is 39.3 Å². The van der Waals surface area contributed by atoms with Crippen LogP contribution in [0, 0.1) is 5.82 Å². The van der Waals surface area contributed by atoms with Crippen LogP contribution < -0.4 is 0 Å². The quantitative estimate of drug-likeness (QED) is 0.725. The van der Waals surface area contributed by atoms with Crippen molar-refractivity contribution in [1.29, 1.82) is 0 Å². The van der Waals surface area contributed by atoms with Gasteiger partial charge in [0.25, 0.3) is 0 Å². The Labute approximate surface area is 145 Å². The van der Waals surface area contributed by atoms with Crippen molar-refractivity contribution in [3.8, 4) is 0 Å². The lowest BCUT2D eigenvalue weighted by atomic mass is 10.3. The highest BCUT2D eigenvalue weighted by molar-refractivity contribution is 9.10. The van der Waals surface area contributed by atoms with Crippen LogP contribution in [0.1, 0.15) is 13.8 Å². The molecule has 1 aromatic heterocycles. The number of hydrogen-bond donors (Lipinski definition) is 0. The predicted molar refractivity (Wildman–Crippen MR) is 89.2 cm³/mol. The van der Waals surface area contributed by atoms with Crippen LogP contribution in [-0.2, 0) is 0 Å². The number of hydrogen-bond acceptors (Lipinski definition) is 3. The molecule has 0 saturated carbocycles. The van der Waals surface area contributed by atoms with Gasteiger partial charge in [-0.25, -0.2) is 9.18 Å². The molecular formula is C14H14BrClFN3OS. The zero-order valence-corrected chi connectivity index (χ0v) is 15.2. The maximum Gasteiger partial charge on any atom is 0.344 e. The highest BCUT2D eigenvalue weighted by Gasteiger charge is 2.17. The minimum absolute atomic E-state index is 0.0553. The third-order valence-electron chi connectivity index (χ3n) is 2.97. The number of carbonyl (C=O) groups is 1. The van der Waals surface area contributed by atoms with Gasteiger partial charge in [-0.1, -0.05) is 23.4 Å². The van der Waals surface area contributed by atoms with Gasteiger partial charge in [0.15, 0.2) is 0 Å². The van der Waals surface area contributed by atoms with Gasteiger partial charge < -0.3 is 4.90 Å². The Bertz CT molecular complexity index is 691.